The standard InChI is InChI=1S/C24H23N3O/c1-16-4-6-18(7-5-16)10-23(28)13-22-12-21-11-19(8-9-20(21)14-26-22)24-15-25-17(2)27(24)3/h4-9,11-12,14-15H,10,13H2,1-3H3/i10D2. The molecule has 0 aliphatic carbocycles. The fraction of sp³-hybridized carbons (Fsp3) is 0.208. The smallest absolute Gasteiger partial charge is 0.143 e. The van der Waals surface area contributed by atoms with E-state index in [0.29, 0.717) is 11.3 Å². The van der Waals surface area contributed by atoms with Crippen molar-refractivity contribution in [3.8, 4) is 11.3 Å². The zero-order valence-electron chi connectivity index (χ0n) is 18.2. The second-order valence-corrected chi connectivity index (χ2v) is 7.08. The minimum Gasteiger partial charge on any atom is -0.331 e. The number of nitrogens with zero attached hydrogens (tertiary/aromatic N) is 3. The molecule has 0 bridgehead atoms. The fourth-order valence-corrected chi connectivity index (χ4v) is 3.22. The SMILES string of the molecule is [2H]C([2H])(C(=O)Cc1cc2cc(-c3cnc(C)n3C)ccc2cn1)c1ccc(C)cc1. The molecule has 2 heterocycles. The van der Waals surface area contributed by atoms with Gasteiger partial charge in [0.1, 0.15) is 11.6 Å². The number of rotatable bonds is 5. The number of benzene rings is 2. The summed E-state index contributed by atoms with van der Waals surface area (Å²) in [6.07, 6.45) is 1.46. The molecule has 0 radical (unpaired) electrons. The number of ketones is 1. The van der Waals surface area contributed by atoms with Crippen LogP contribution in [0.25, 0.3) is 22.0 Å². The van der Waals surface area contributed by atoms with Gasteiger partial charge >= 0.3 is 0 Å². The lowest BCUT2D eigenvalue weighted by atomic mass is 10.0. The normalized spacial score (nSPS) is 12.7. The predicted molar refractivity (Wildman–Crippen MR) is 112 cm³/mol. The summed E-state index contributed by atoms with van der Waals surface area (Å²) in [6.45, 7) is 3.89. The molecular formula is C24H23N3O. The zero-order chi connectivity index (χ0) is 21.5. The third-order valence-electron chi connectivity index (χ3n) is 4.97. The van der Waals surface area contributed by atoms with E-state index in [2.05, 4.69) is 16.0 Å². The highest BCUT2D eigenvalue weighted by molar-refractivity contribution is 5.88. The average molecular weight is 371 g/mol. The van der Waals surface area contributed by atoms with E-state index in [4.69, 9.17) is 2.74 Å². The Labute approximate surface area is 167 Å². The first-order valence-corrected chi connectivity index (χ1v) is 9.23. The minimum absolute atomic E-state index is 0.0636. The summed E-state index contributed by atoms with van der Waals surface area (Å²) in [6, 6.07) is 14.9. The highest BCUT2D eigenvalue weighted by atomic mass is 16.1. The highest BCUT2D eigenvalue weighted by Crippen LogP contribution is 2.25. The molecule has 0 unspecified atom stereocenters. The summed E-state index contributed by atoms with van der Waals surface area (Å²) in [5.41, 5.74) is 4.00. The molecule has 4 rings (SSSR count). The van der Waals surface area contributed by atoms with Crippen molar-refractivity contribution in [2.24, 2.45) is 7.05 Å². The maximum Gasteiger partial charge on any atom is 0.143 e. The summed E-state index contributed by atoms with van der Waals surface area (Å²) in [5.74, 6) is 0.432. The number of aryl methyl sites for hydroxylation is 2. The van der Waals surface area contributed by atoms with Crippen LogP contribution in [0.2, 0.25) is 0 Å². The Balaban J connectivity index is 1.63. The van der Waals surface area contributed by atoms with Gasteiger partial charge in [0.25, 0.3) is 0 Å². The van der Waals surface area contributed by atoms with Gasteiger partial charge in [0.2, 0.25) is 0 Å². The number of fused-ring (bicyclic) bond motifs is 1. The molecule has 0 aliphatic heterocycles. The Morgan fingerprint density at radius 3 is 2.50 bits per heavy atom. The number of hydrogen-bond donors (Lipinski definition) is 0. The van der Waals surface area contributed by atoms with Crippen LogP contribution < -0.4 is 0 Å². The molecular weight excluding hydrogens is 346 g/mol. The van der Waals surface area contributed by atoms with Crippen molar-refractivity contribution < 1.29 is 7.54 Å². The van der Waals surface area contributed by atoms with E-state index in [9.17, 15) is 4.79 Å². The summed E-state index contributed by atoms with van der Waals surface area (Å²) in [4.78, 5) is 21.5. The molecule has 4 nitrogen and oxygen atoms in total. The predicted octanol–water partition coefficient (Wildman–Crippen LogP) is 4.61. The van der Waals surface area contributed by atoms with Crippen LogP contribution in [0.5, 0.6) is 0 Å². The quantitative estimate of drug-likeness (QED) is 0.515. The van der Waals surface area contributed by atoms with Crippen molar-refractivity contribution in [1.29, 1.82) is 0 Å². The number of aromatic nitrogens is 3. The molecule has 2 aromatic carbocycles. The summed E-state index contributed by atoms with van der Waals surface area (Å²) >= 11 is 0. The topological polar surface area (TPSA) is 47.8 Å². The van der Waals surface area contributed by atoms with Gasteiger partial charge in [-0.15, -0.1) is 0 Å². The first-order chi connectivity index (χ1) is 14.3. The van der Waals surface area contributed by atoms with Crippen LogP contribution >= 0.6 is 0 Å². The van der Waals surface area contributed by atoms with Crippen molar-refractivity contribution in [2.75, 3.05) is 0 Å². The van der Waals surface area contributed by atoms with Gasteiger partial charge in [-0.3, -0.25) is 9.78 Å². The van der Waals surface area contributed by atoms with Crippen LogP contribution in [0.1, 0.15) is 25.4 Å². The molecule has 2 aromatic heterocycles. The van der Waals surface area contributed by atoms with Crippen molar-refractivity contribution in [2.45, 2.75) is 26.6 Å². The second-order valence-electron chi connectivity index (χ2n) is 7.08. The lowest BCUT2D eigenvalue weighted by molar-refractivity contribution is -0.117. The van der Waals surface area contributed by atoms with E-state index in [-0.39, 0.29) is 6.42 Å². The van der Waals surface area contributed by atoms with Gasteiger partial charge < -0.3 is 4.57 Å². The van der Waals surface area contributed by atoms with E-state index in [1.807, 2.05) is 62.0 Å². The van der Waals surface area contributed by atoms with Crippen LogP contribution in [-0.2, 0) is 24.6 Å². The monoisotopic (exact) mass is 371 g/mol. The molecule has 0 saturated heterocycles. The van der Waals surface area contributed by atoms with Crippen molar-refractivity contribution in [3.05, 3.63) is 83.6 Å². The van der Waals surface area contributed by atoms with Crippen LogP contribution in [0.15, 0.2) is 60.9 Å². The van der Waals surface area contributed by atoms with Crippen molar-refractivity contribution >= 4 is 16.6 Å². The Morgan fingerprint density at radius 2 is 1.79 bits per heavy atom. The Hall–Kier alpha value is -3.27. The zero-order valence-corrected chi connectivity index (χ0v) is 16.2. The van der Waals surface area contributed by atoms with Crippen molar-refractivity contribution in [1.82, 2.24) is 14.5 Å². The average Bonchev–Trinajstić information content (AvgIpc) is 3.06. The Kier molecular flexibility index (Phi) is 4.16. The van der Waals surface area contributed by atoms with Crippen LogP contribution in [0, 0.1) is 13.8 Å². The number of Topliss-reactive ketones (excluding diaryl/α,β-unsaturated/α-hetero) is 1. The lowest BCUT2D eigenvalue weighted by Crippen LogP contribution is -2.07. The van der Waals surface area contributed by atoms with Gasteiger partial charge in [-0.1, -0.05) is 42.0 Å². The van der Waals surface area contributed by atoms with Gasteiger partial charge in [0.15, 0.2) is 0 Å². The van der Waals surface area contributed by atoms with E-state index >= 15 is 0 Å². The molecule has 0 amide bonds. The van der Waals surface area contributed by atoms with E-state index in [0.717, 1.165) is 33.4 Å². The third kappa shape index (κ3) is 3.72. The van der Waals surface area contributed by atoms with E-state index in [1.54, 1.807) is 18.3 Å². The second kappa shape index (κ2) is 7.39. The fourth-order valence-electron chi connectivity index (χ4n) is 3.22. The summed E-state index contributed by atoms with van der Waals surface area (Å²) < 4.78 is 18.6. The van der Waals surface area contributed by atoms with Crippen LogP contribution in [0.4, 0.5) is 0 Å². The number of pyridine rings is 1. The largest absolute Gasteiger partial charge is 0.331 e. The number of carbonyl (C=O) groups excluding carboxylic acids is 1. The molecule has 0 spiro atoms. The molecule has 4 aromatic rings. The third-order valence-corrected chi connectivity index (χ3v) is 4.97. The van der Waals surface area contributed by atoms with Gasteiger partial charge in [-0.25, -0.2) is 4.98 Å². The summed E-state index contributed by atoms with van der Waals surface area (Å²) in [7, 11) is 1.98. The van der Waals surface area contributed by atoms with Gasteiger partial charge in [0, 0.05) is 45.4 Å². The minimum atomic E-state index is -2.06. The molecule has 0 atom stereocenters. The van der Waals surface area contributed by atoms with Gasteiger partial charge in [-0.2, -0.15) is 0 Å². The van der Waals surface area contributed by atoms with Crippen molar-refractivity contribution in [3.63, 3.8) is 0 Å². The molecule has 0 N–H and O–H groups in total. The van der Waals surface area contributed by atoms with E-state index < -0.39 is 12.2 Å². The number of carbonyl (C=O) groups is 1. The highest BCUT2D eigenvalue weighted by Gasteiger charge is 2.10. The van der Waals surface area contributed by atoms with Crippen LogP contribution in [-0.4, -0.2) is 20.3 Å². The Bertz CT molecular complexity index is 1240. The number of hydrogen-bond acceptors (Lipinski definition) is 3. The molecule has 140 valence electrons. The van der Waals surface area contributed by atoms with Gasteiger partial charge in [-0.05, 0) is 36.9 Å². The molecule has 0 saturated carbocycles. The van der Waals surface area contributed by atoms with Crippen LogP contribution in [0.3, 0.4) is 0 Å². The molecule has 0 fully saturated rings. The maximum absolute atomic E-state index is 12.8. The maximum atomic E-state index is 12.8. The molecule has 28 heavy (non-hydrogen) atoms. The van der Waals surface area contributed by atoms with Gasteiger partial charge in [0.05, 0.1) is 11.9 Å². The van der Waals surface area contributed by atoms with E-state index in [1.165, 1.54) is 0 Å². The first kappa shape index (κ1) is 15.8. The Morgan fingerprint density at radius 1 is 1.00 bits per heavy atom. The lowest BCUT2D eigenvalue weighted by Gasteiger charge is -2.07. The molecule has 0 aliphatic rings. The summed E-state index contributed by atoms with van der Waals surface area (Å²) in [5, 5.41) is 1.93. The number of imidazole rings is 1. The first-order valence-electron chi connectivity index (χ1n) is 10.2. The molecule has 4 heteroatoms.